The first-order valence-corrected chi connectivity index (χ1v) is 11.4. The number of hydrogen-bond acceptors (Lipinski definition) is 7. The van der Waals surface area contributed by atoms with E-state index in [-0.39, 0.29) is 17.1 Å². The second-order valence-corrected chi connectivity index (χ2v) is 9.47. The van der Waals surface area contributed by atoms with Crippen LogP contribution >= 0.6 is 0 Å². The van der Waals surface area contributed by atoms with Gasteiger partial charge in [-0.05, 0) is 24.3 Å². The predicted molar refractivity (Wildman–Crippen MR) is 137 cm³/mol. The third-order valence-corrected chi connectivity index (χ3v) is 5.50. The minimum absolute atomic E-state index is 0.0526. The van der Waals surface area contributed by atoms with Crippen molar-refractivity contribution in [2.24, 2.45) is 10.2 Å². The number of aromatic nitrogens is 4. The Morgan fingerprint density at radius 2 is 1.51 bits per heavy atom. The zero-order chi connectivity index (χ0) is 26.9. The maximum atomic E-state index is 13.5. The Morgan fingerprint density at radius 1 is 0.973 bits per heavy atom. The van der Waals surface area contributed by atoms with Gasteiger partial charge in [0.2, 0.25) is 17.4 Å². The third kappa shape index (κ3) is 4.52. The summed E-state index contributed by atoms with van der Waals surface area (Å²) in [5.74, 6) is -0.591. The number of azo groups is 1. The van der Waals surface area contributed by atoms with Gasteiger partial charge >= 0.3 is 11.6 Å². The molecule has 0 atom stereocenters. The normalized spacial score (nSPS) is 11.6. The van der Waals surface area contributed by atoms with Gasteiger partial charge in [0.1, 0.15) is 11.6 Å². The highest BCUT2D eigenvalue weighted by molar-refractivity contribution is 5.80. The summed E-state index contributed by atoms with van der Waals surface area (Å²) in [4.78, 5) is 27.6. The molecule has 2 aromatic heterocycles. The molecule has 0 unspecified atom stereocenters. The van der Waals surface area contributed by atoms with E-state index in [4.69, 9.17) is 0 Å². The standard InChI is InChI=1S/C26H26N8O3/c1-26(2,3)21-19(16-27)22(32(30-21)25(37)31(4)5)29-28-20-23(35)33(17-12-8-6-9-13-17)34(24(20)36)18-14-10-7-11-15-18/h6-15,35H,1-5H3. The van der Waals surface area contributed by atoms with Crippen LogP contribution in [0.5, 0.6) is 5.88 Å². The van der Waals surface area contributed by atoms with Gasteiger partial charge in [-0.3, -0.25) is 4.79 Å². The zero-order valence-corrected chi connectivity index (χ0v) is 21.1. The van der Waals surface area contributed by atoms with Crippen LogP contribution in [0.25, 0.3) is 11.4 Å². The van der Waals surface area contributed by atoms with Crippen LogP contribution in [0.2, 0.25) is 0 Å². The molecule has 0 saturated carbocycles. The van der Waals surface area contributed by atoms with Gasteiger partial charge in [-0.1, -0.05) is 57.2 Å². The van der Waals surface area contributed by atoms with Crippen molar-refractivity contribution in [1.29, 1.82) is 5.26 Å². The van der Waals surface area contributed by atoms with Gasteiger partial charge in [-0.25, -0.2) is 14.2 Å². The minimum Gasteiger partial charge on any atom is -0.492 e. The lowest BCUT2D eigenvalue weighted by Crippen LogP contribution is -2.28. The Labute approximate surface area is 213 Å². The molecule has 0 radical (unpaired) electrons. The van der Waals surface area contributed by atoms with Gasteiger partial charge in [-0.15, -0.1) is 10.2 Å². The van der Waals surface area contributed by atoms with Crippen LogP contribution in [-0.4, -0.2) is 49.3 Å². The van der Waals surface area contributed by atoms with Crippen molar-refractivity contribution in [3.63, 3.8) is 0 Å². The van der Waals surface area contributed by atoms with Gasteiger partial charge in [-0.2, -0.15) is 15.0 Å². The minimum atomic E-state index is -0.643. The Morgan fingerprint density at radius 3 is 2.00 bits per heavy atom. The first-order chi connectivity index (χ1) is 17.6. The average Bonchev–Trinajstić information content (AvgIpc) is 3.37. The van der Waals surface area contributed by atoms with Crippen molar-refractivity contribution < 1.29 is 9.90 Å². The summed E-state index contributed by atoms with van der Waals surface area (Å²) < 4.78 is 3.57. The molecule has 188 valence electrons. The number of rotatable bonds is 4. The van der Waals surface area contributed by atoms with Crippen molar-refractivity contribution in [1.82, 2.24) is 24.0 Å². The lowest BCUT2D eigenvalue weighted by Gasteiger charge is -2.15. The summed E-state index contributed by atoms with van der Waals surface area (Å²) in [6.45, 7) is 5.56. The summed E-state index contributed by atoms with van der Waals surface area (Å²) in [7, 11) is 3.08. The van der Waals surface area contributed by atoms with Gasteiger partial charge in [0.05, 0.1) is 17.1 Å². The molecule has 4 aromatic rings. The molecule has 11 nitrogen and oxygen atoms in total. The molecule has 1 N–H and O–H groups in total. The molecule has 1 amide bonds. The van der Waals surface area contributed by atoms with E-state index in [2.05, 4.69) is 21.4 Å². The third-order valence-electron chi connectivity index (χ3n) is 5.50. The van der Waals surface area contributed by atoms with Crippen LogP contribution in [0.1, 0.15) is 32.0 Å². The Balaban J connectivity index is 1.97. The van der Waals surface area contributed by atoms with Gasteiger partial charge < -0.3 is 10.0 Å². The van der Waals surface area contributed by atoms with Crippen LogP contribution in [0.3, 0.4) is 0 Å². The van der Waals surface area contributed by atoms with E-state index in [9.17, 15) is 20.0 Å². The highest BCUT2D eigenvalue weighted by atomic mass is 16.3. The molecule has 4 rings (SSSR count). The summed E-state index contributed by atoms with van der Waals surface area (Å²) in [5.41, 5.74) is -0.165. The maximum Gasteiger partial charge on any atom is 0.346 e. The number of carbonyl (C=O) groups is 1. The zero-order valence-electron chi connectivity index (χ0n) is 21.1. The van der Waals surface area contributed by atoms with Crippen molar-refractivity contribution in [2.75, 3.05) is 14.1 Å². The smallest absolute Gasteiger partial charge is 0.346 e. The predicted octanol–water partition coefficient (Wildman–Crippen LogP) is 4.64. The molecule has 11 heteroatoms. The van der Waals surface area contributed by atoms with Gasteiger partial charge in [0.25, 0.3) is 0 Å². The molecule has 37 heavy (non-hydrogen) atoms. The average molecular weight is 499 g/mol. The number of benzene rings is 2. The lowest BCUT2D eigenvalue weighted by atomic mass is 9.90. The van der Waals surface area contributed by atoms with Crippen LogP contribution in [0.15, 0.2) is 75.7 Å². The van der Waals surface area contributed by atoms with Crippen LogP contribution in [-0.2, 0) is 5.41 Å². The van der Waals surface area contributed by atoms with E-state index >= 15 is 0 Å². The molecular weight excluding hydrogens is 472 g/mol. The van der Waals surface area contributed by atoms with Crippen molar-refractivity contribution in [3.8, 4) is 23.3 Å². The largest absolute Gasteiger partial charge is 0.492 e. The molecule has 0 bridgehead atoms. The summed E-state index contributed by atoms with van der Waals surface area (Å²) in [5, 5.41) is 33.6. The number of aromatic hydroxyl groups is 1. The Bertz CT molecular complexity index is 1580. The lowest BCUT2D eigenvalue weighted by molar-refractivity contribution is 0.216. The highest BCUT2D eigenvalue weighted by Crippen LogP contribution is 2.34. The van der Waals surface area contributed by atoms with Crippen LogP contribution < -0.4 is 5.56 Å². The molecule has 0 aliphatic heterocycles. The van der Waals surface area contributed by atoms with Crippen molar-refractivity contribution >= 4 is 17.5 Å². The number of amides is 1. The maximum absolute atomic E-state index is 13.5. The molecule has 0 spiro atoms. The fourth-order valence-corrected chi connectivity index (χ4v) is 3.73. The fourth-order valence-electron chi connectivity index (χ4n) is 3.73. The van der Waals surface area contributed by atoms with Gasteiger partial charge in [0, 0.05) is 19.5 Å². The van der Waals surface area contributed by atoms with Gasteiger partial charge in [0.15, 0.2) is 0 Å². The fraction of sp³-hybridized carbons (Fsp3) is 0.231. The molecule has 0 saturated heterocycles. The molecule has 0 fully saturated rings. The van der Waals surface area contributed by atoms with E-state index < -0.39 is 22.9 Å². The Kier molecular flexibility index (Phi) is 6.50. The SMILES string of the molecule is CN(C)C(=O)n1nc(C(C)(C)C)c(C#N)c1N=Nc1c(O)n(-c2ccccc2)n(-c2ccccc2)c1=O. The monoisotopic (exact) mass is 498 g/mol. The van der Waals surface area contributed by atoms with Crippen LogP contribution in [0.4, 0.5) is 16.3 Å². The molecule has 0 aliphatic rings. The number of hydrogen-bond donors (Lipinski definition) is 1. The summed E-state index contributed by atoms with van der Waals surface area (Å²) in [6, 6.07) is 19.1. The molecule has 2 aromatic carbocycles. The second-order valence-electron chi connectivity index (χ2n) is 9.47. The number of nitriles is 1. The summed E-state index contributed by atoms with van der Waals surface area (Å²) >= 11 is 0. The Hall–Kier alpha value is -4.98. The van der Waals surface area contributed by atoms with E-state index in [0.29, 0.717) is 17.1 Å². The molecule has 0 aliphatic carbocycles. The number of carbonyl (C=O) groups excluding carboxylic acids is 1. The number of para-hydroxylation sites is 2. The first-order valence-electron chi connectivity index (χ1n) is 11.4. The van der Waals surface area contributed by atoms with E-state index in [0.717, 1.165) is 4.68 Å². The number of nitrogens with zero attached hydrogens (tertiary/aromatic N) is 8. The van der Waals surface area contributed by atoms with E-state index in [1.807, 2.05) is 32.9 Å². The van der Waals surface area contributed by atoms with Crippen LogP contribution in [0, 0.1) is 11.3 Å². The van der Waals surface area contributed by atoms with Crippen molar-refractivity contribution in [3.05, 3.63) is 82.3 Å². The second kappa shape index (κ2) is 9.58. The van der Waals surface area contributed by atoms with E-state index in [1.165, 1.54) is 28.4 Å². The van der Waals surface area contributed by atoms with Crippen molar-refractivity contribution in [2.45, 2.75) is 26.2 Å². The highest BCUT2D eigenvalue weighted by Gasteiger charge is 2.30. The first kappa shape index (κ1) is 25.1. The summed E-state index contributed by atoms with van der Waals surface area (Å²) in [6.07, 6.45) is 0. The molecule has 2 heterocycles. The van der Waals surface area contributed by atoms with E-state index in [1.54, 1.807) is 48.5 Å². The quantitative estimate of drug-likeness (QED) is 0.409. The molecular formula is C26H26N8O3. The topological polar surface area (TPSA) is 134 Å².